The SMILES string of the molecule is COc1cccc2sc(N(COCC[Si](C)(C)C)c3nnc(-c4ccc(O)cc4)o3)nc12.COc1cccc2sc(N(COCC[Si](C)(C)C)c3nnc(-c4ccc(OCc5ccccc5)cc4)o3)nc12. The van der Waals surface area contributed by atoms with Crippen molar-refractivity contribution in [1.29, 1.82) is 0 Å². The first-order valence-corrected chi connectivity index (χ1v) is 32.1. The number of ether oxygens (including phenoxy) is 5. The molecule has 0 aliphatic rings. The number of anilines is 4. The summed E-state index contributed by atoms with van der Waals surface area (Å²) in [5.41, 5.74) is 4.19. The van der Waals surface area contributed by atoms with Gasteiger partial charge in [-0.3, -0.25) is 0 Å². The third kappa shape index (κ3) is 13.6. The summed E-state index contributed by atoms with van der Waals surface area (Å²) in [6.45, 7) is 16.2. The van der Waals surface area contributed by atoms with Crippen molar-refractivity contribution < 1.29 is 37.6 Å². The second kappa shape index (κ2) is 23.0. The Hall–Kier alpha value is -6.69. The topological polar surface area (TPSA) is 176 Å². The summed E-state index contributed by atoms with van der Waals surface area (Å²) in [6, 6.07) is 38.7. The maximum atomic E-state index is 9.53. The summed E-state index contributed by atoms with van der Waals surface area (Å²) < 4.78 is 43.0. The fraction of sp³-hybridized carbons (Fsp3) is 0.294. The lowest BCUT2D eigenvalue weighted by molar-refractivity contribution is 0.150. The van der Waals surface area contributed by atoms with Crippen LogP contribution in [0.15, 0.2) is 124 Å². The van der Waals surface area contributed by atoms with Gasteiger partial charge in [-0.15, -0.1) is 10.2 Å². The molecule has 20 heteroatoms. The molecule has 71 heavy (non-hydrogen) atoms. The van der Waals surface area contributed by atoms with Gasteiger partial charge in [0.05, 0.1) is 23.6 Å². The molecule has 0 radical (unpaired) electrons. The molecule has 0 aliphatic heterocycles. The van der Waals surface area contributed by atoms with Crippen LogP contribution in [0.5, 0.6) is 23.0 Å². The molecular formula is C51H58N8O8S2Si2. The predicted molar refractivity (Wildman–Crippen MR) is 286 cm³/mol. The van der Waals surface area contributed by atoms with Gasteiger partial charge >= 0.3 is 12.0 Å². The Morgan fingerprint density at radius 1 is 0.549 bits per heavy atom. The number of methoxy groups -OCH3 is 2. The average Bonchev–Trinajstić information content (AvgIpc) is 4.21. The summed E-state index contributed by atoms with van der Waals surface area (Å²) in [5.74, 6) is 3.13. The van der Waals surface area contributed by atoms with E-state index in [1.54, 1.807) is 43.4 Å². The molecule has 5 aromatic carbocycles. The molecule has 0 aliphatic carbocycles. The van der Waals surface area contributed by atoms with Crippen molar-refractivity contribution in [3.05, 3.63) is 121 Å². The van der Waals surface area contributed by atoms with E-state index in [-0.39, 0.29) is 19.2 Å². The van der Waals surface area contributed by atoms with Gasteiger partial charge in [0.25, 0.3) is 0 Å². The van der Waals surface area contributed by atoms with Crippen molar-refractivity contribution in [2.24, 2.45) is 0 Å². The normalized spacial score (nSPS) is 11.7. The molecule has 9 aromatic rings. The molecule has 1 N–H and O–H groups in total. The zero-order valence-electron chi connectivity index (χ0n) is 41.1. The number of para-hydroxylation sites is 2. The lowest BCUT2D eigenvalue weighted by Gasteiger charge is -2.19. The van der Waals surface area contributed by atoms with Gasteiger partial charge in [-0.2, -0.15) is 0 Å². The van der Waals surface area contributed by atoms with Gasteiger partial charge in [0.15, 0.2) is 10.3 Å². The van der Waals surface area contributed by atoms with Crippen molar-refractivity contribution in [3.8, 4) is 45.9 Å². The predicted octanol–water partition coefficient (Wildman–Crippen LogP) is 12.9. The van der Waals surface area contributed by atoms with E-state index in [1.165, 1.54) is 22.7 Å². The van der Waals surface area contributed by atoms with E-state index < -0.39 is 16.1 Å². The molecule has 370 valence electrons. The van der Waals surface area contributed by atoms with Crippen LogP contribution in [0.25, 0.3) is 43.3 Å². The molecule has 16 nitrogen and oxygen atoms in total. The molecule has 0 atom stereocenters. The number of hydrogen-bond acceptors (Lipinski definition) is 18. The van der Waals surface area contributed by atoms with E-state index in [2.05, 4.69) is 59.7 Å². The Morgan fingerprint density at radius 3 is 1.46 bits per heavy atom. The minimum atomic E-state index is -1.23. The minimum absolute atomic E-state index is 0.175. The highest BCUT2D eigenvalue weighted by atomic mass is 32.1. The standard InChI is InChI=1S/C29H32N4O4SSi.C22H26N4O4SSi/c1-34-24-11-8-12-25-26(24)30-29(38-25)33(20-35-17-18-39(2,3)4)28-32-31-27(37-28)22-13-15-23(16-14-22)36-19-21-9-6-5-7-10-21;1-28-17-6-5-7-18-19(17)23-22(31-18)26(14-29-12-13-32(2,3)4)21-25-24-20(30-21)15-8-10-16(27)11-9-15/h5-16H,17-20H2,1-4H3;5-11,27H,12-14H2,1-4H3. The van der Waals surface area contributed by atoms with Crippen LogP contribution >= 0.6 is 22.7 Å². The molecule has 0 bridgehead atoms. The Morgan fingerprint density at radius 2 is 1.01 bits per heavy atom. The maximum Gasteiger partial charge on any atom is 0.326 e. The van der Waals surface area contributed by atoms with Crippen LogP contribution in [0.1, 0.15) is 5.56 Å². The third-order valence-corrected chi connectivity index (χ3v) is 16.3. The zero-order valence-corrected chi connectivity index (χ0v) is 44.8. The van der Waals surface area contributed by atoms with Crippen molar-refractivity contribution in [2.75, 3.05) is 50.7 Å². The molecule has 0 saturated heterocycles. The Kier molecular flexibility index (Phi) is 16.4. The quantitative estimate of drug-likeness (QED) is 0.0408. The summed E-state index contributed by atoms with van der Waals surface area (Å²) >= 11 is 3.03. The summed E-state index contributed by atoms with van der Waals surface area (Å²) in [4.78, 5) is 13.2. The summed E-state index contributed by atoms with van der Waals surface area (Å²) in [7, 11) is 0.830. The fourth-order valence-electron chi connectivity index (χ4n) is 6.76. The average molecular weight is 1030 g/mol. The van der Waals surface area contributed by atoms with Crippen LogP contribution in [-0.2, 0) is 16.1 Å². The Balaban J connectivity index is 0.000000194. The number of aromatic nitrogens is 6. The fourth-order valence-corrected chi connectivity index (χ4v) is 10.2. The number of fused-ring (bicyclic) bond motifs is 2. The zero-order chi connectivity index (χ0) is 50.0. The molecule has 0 saturated carbocycles. The first-order valence-electron chi connectivity index (χ1n) is 23.0. The maximum absolute atomic E-state index is 9.53. The number of phenols is 1. The van der Waals surface area contributed by atoms with Crippen molar-refractivity contribution in [3.63, 3.8) is 0 Å². The Labute approximate surface area is 422 Å². The molecule has 0 spiro atoms. The van der Waals surface area contributed by atoms with Crippen LogP contribution in [-0.4, -0.2) is 92.5 Å². The monoisotopic (exact) mass is 1030 g/mol. The molecule has 4 aromatic heterocycles. The van der Waals surface area contributed by atoms with Crippen LogP contribution < -0.4 is 24.0 Å². The van der Waals surface area contributed by atoms with Gasteiger partial charge in [0, 0.05) is 40.5 Å². The number of rotatable bonds is 21. The number of phenolic OH excluding ortho intramolecular Hbond substituents is 1. The number of benzene rings is 5. The van der Waals surface area contributed by atoms with Crippen LogP contribution in [0, 0.1) is 0 Å². The van der Waals surface area contributed by atoms with Gasteiger partial charge in [-0.05, 0) is 90.4 Å². The molecular weight excluding hydrogens is 973 g/mol. The number of aromatic hydroxyl groups is 1. The molecule has 0 fully saturated rings. The molecule has 0 amide bonds. The van der Waals surface area contributed by atoms with E-state index >= 15 is 0 Å². The van der Waals surface area contributed by atoms with E-state index in [1.807, 2.05) is 95.9 Å². The third-order valence-electron chi connectivity index (χ3n) is 10.8. The Bertz CT molecular complexity index is 3100. The van der Waals surface area contributed by atoms with Gasteiger partial charge < -0.3 is 37.6 Å². The van der Waals surface area contributed by atoms with E-state index in [9.17, 15) is 5.11 Å². The minimum Gasteiger partial charge on any atom is -0.508 e. The second-order valence-electron chi connectivity index (χ2n) is 18.8. The second-order valence-corrected chi connectivity index (χ2v) is 32.0. The van der Waals surface area contributed by atoms with Gasteiger partial charge in [0.1, 0.15) is 54.1 Å². The number of hydrogen-bond donors (Lipinski definition) is 1. The van der Waals surface area contributed by atoms with E-state index in [0.29, 0.717) is 65.2 Å². The molecule has 4 heterocycles. The smallest absolute Gasteiger partial charge is 0.326 e. The lowest BCUT2D eigenvalue weighted by atomic mass is 10.2. The van der Waals surface area contributed by atoms with Gasteiger partial charge in [-0.1, -0.05) is 115 Å². The van der Waals surface area contributed by atoms with Gasteiger partial charge in [-0.25, -0.2) is 19.8 Å². The highest BCUT2D eigenvalue weighted by molar-refractivity contribution is 7.22. The molecule has 0 unspecified atom stereocenters. The first kappa shape index (κ1) is 50.7. The van der Waals surface area contributed by atoms with Crippen LogP contribution in [0.3, 0.4) is 0 Å². The van der Waals surface area contributed by atoms with Crippen LogP contribution in [0.4, 0.5) is 22.3 Å². The summed E-state index contributed by atoms with van der Waals surface area (Å²) in [5, 5.41) is 28.0. The largest absolute Gasteiger partial charge is 0.508 e. The van der Waals surface area contributed by atoms with E-state index in [4.69, 9.17) is 42.5 Å². The van der Waals surface area contributed by atoms with Crippen molar-refractivity contribution in [1.82, 2.24) is 30.4 Å². The first-order chi connectivity index (χ1) is 34.2. The van der Waals surface area contributed by atoms with Gasteiger partial charge in [0.2, 0.25) is 11.8 Å². The highest BCUT2D eigenvalue weighted by Crippen LogP contribution is 2.39. The highest BCUT2D eigenvalue weighted by Gasteiger charge is 2.25. The van der Waals surface area contributed by atoms with Crippen molar-refractivity contribution >= 4 is 81.5 Å². The summed E-state index contributed by atoms with van der Waals surface area (Å²) in [6.07, 6.45) is 0. The number of thiazole rings is 2. The van der Waals surface area contributed by atoms with Crippen LogP contribution in [0.2, 0.25) is 51.4 Å². The van der Waals surface area contributed by atoms with E-state index in [0.717, 1.165) is 55.1 Å². The molecule has 9 rings (SSSR count). The van der Waals surface area contributed by atoms with Crippen molar-refractivity contribution in [2.45, 2.75) is 58.0 Å². The lowest BCUT2D eigenvalue weighted by Crippen LogP contribution is -2.25. The number of nitrogens with zero attached hydrogens (tertiary/aromatic N) is 8.